The summed E-state index contributed by atoms with van der Waals surface area (Å²) in [6, 6.07) is 3.56. The van der Waals surface area contributed by atoms with Gasteiger partial charge in [0.05, 0.1) is 12.7 Å². The molecule has 0 aliphatic rings. The van der Waals surface area contributed by atoms with Gasteiger partial charge in [-0.3, -0.25) is 0 Å². The molecular weight excluding hydrogens is 241 g/mol. The quantitative estimate of drug-likeness (QED) is 0.741. The minimum atomic E-state index is -4.34. The van der Waals surface area contributed by atoms with Gasteiger partial charge < -0.3 is 4.74 Å². The van der Waals surface area contributed by atoms with Crippen LogP contribution in [0.4, 0.5) is 13.2 Å². The Bertz CT molecular complexity index is 452. The molecule has 18 heavy (non-hydrogen) atoms. The van der Waals surface area contributed by atoms with E-state index in [1.807, 2.05) is 6.92 Å². The molecule has 0 bridgehead atoms. The van der Waals surface area contributed by atoms with Crippen molar-refractivity contribution in [2.45, 2.75) is 32.4 Å². The first-order valence-corrected chi connectivity index (χ1v) is 5.69. The third-order valence-corrected chi connectivity index (χ3v) is 2.44. The standard InChI is InChI=1S/C14H15F3O/c1-3-4-5-6-7-11-8-9-12(14(15,16)17)10-13(11)18-2/h8-10H,3,6-7H2,1-2H3. The van der Waals surface area contributed by atoms with E-state index in [0.29, 0.717) is 12.8 Å². The first-order chi connectivity index (χ1) is 8.49. The van der Waals surface area contributed by atoms with Gasteiger partial charge in [-0.1, -0.05) is 13.0 Å². The van der Waals surface area contributed by atoms with Gasteiger partial charge in [0.2, 0.25) is 0 Å². The van der Waals surface area contributed by atoms with E-state index in [0.717, 1.165) is 24.1 Å². The van der Waals surface area contributed by atoms with Gasteiger partial charge in [0.25, 0.3) is 0 Å². The number of halogens is 3. The zero-order valence-electron chi connectivity index (χ0n) is 10.4. The molecule has 0 radical (unpaired) electrons. The molecule has 0 heterocycles. The maximum atomic E-state index is 12.5. The zero-order valence-corrected chi connectivity index (χ0v) is 10.4. The summed E-state index contributed by atoms with van der Waals surface area (Å²) in [5.74, 6) is 6.14. The molecule has 0 amide bonds. The predicted octanol–water partition coefficient (Wildman–Crippen LogP) is 4.06. The first kappa shape index (κ1) is 14.4. The number of aryl methyl sites for hydroxylation is 1. The molecule has 0 spiro atoms. The topological polar surface area (TPSA) is 9.23 Å². The van der Waals surface area contributed by atoms with Gasteiger partial charge >= 0.3 is 6.18 Å². The third kappa shape index (κ3) is 3.99. The van der Waals surface area contributed by atoms with Crippen LogP contribution in [0.2, 0.25) is 0 Å². The summed E-state index contributed by atoms with van der Waals surface area (Å²) in [4.78, 5) is 0. The molecule has 0 saturated carbocycles. The van der Waals surface area contributed by atoms with E-state index < -0.39 is 11.7 Å². The summed E-state index contributed by atoms with van der Waals surface area (Å²) in [5.41, 5.74) is 0.0543. The highest BCUT2D eigenvalue weighted by Crippen LogP contribution is 2.33. The molecule has 0 fully saturated rings. The van der Waals surface area contributed by atoms with Gasteiger partial charge in [-0.05, 0) is 24.1 Å². The molecule has 1 nitrogen and oxygen atoms in total. The minimum Gasteiger partial charge on any atom is -0.496 e. The molecule has 1 aromatic rings. The Morgan fingerprint density at radius 1 is 1.22 bits per heavy atom. The van der Waals surface area contributed by atoms with Crippen LogP contribution in [-0.2, 0) is 12.6 Å². The number of benzene rings is 1. The molecule has 1 rings (SSSR count). The summed E-state index contributed by atoms with van der Waals surface area (Å²) < 4.78 is 42.5. The third-order valence-electron chi connectivity index (χ3n) is 2.44. The van der Waals surface area contributed by atoms with E-state index >= 15 is 0 Å². The smallest absolute Gasteiger partial charge is 0.416 e. The van der Waals surface area contributed by atoms with Crippen molar-refractivity contribution in [1.82, 2.24) is 0 Å². The minimum absolute atomic E-state index is 0.267. The molecule has 0 N–H and O–H groups in total. The molecule has 98 valence electrons. The van der Waals surface area contributed by atoms with Gasteiger partial charge in [0.15, 0.2) is 0 Å². The van der Waals surface area contributed by atoms with E-state index in [9.17, 15) is 13.2 Å². The van der Waals surface area contributed by atoms with Gasteiger partial charge in [-0.15, -0.1) is 11.8 Å². The van der Waals surface area contributed by atoms with Gasteiger partial charge in [-0.2, -0.15) is 13.2 Å². The molecule has 0 aliphatic heterocycles. The fraction of sp³-hybridized carbons (Fsp3) is 0.429. The summed E-state index contributed by atoms with van der Waals surface area (Å²) in [5, 5.41) is 0. The van der Waals surface area contributed by atoms with E-state index in [4.69, 9.17) is 4.74 Å². The van der Waals surface area contributed by atoms with Crippen LogP contribution in [0.25, 0.3) is 0 Å². The lowest BCUT2D eigenvalue weighted by molar-refractivity contribution is -0.137. The number of alkyl halides is 3. The zero-order chi connectivity index (χ0) is 13.6. The Kier molecular flexibility index (Phi) is 5.08. The fourth-order valence-corrected chi connectivity index (χ4v) is 1.54. The van der Waals surface area contributed by atoms with Crippen molar-refractivity contribution in [3.8, 4) is 17.6 Å². The maximum absolute atomic E-state index is 12.5. The Morgan fingerprint density at radius 3 is 2.50 bits per heavy atom. The number of methoxy groups -OCH3 is 1. The molecular formula is C14H15F3O. The number of hydrogen-bond donors (Lipinski definition) is 0. The van der Waals surface area contributed by atoms with Crippen molar-refractivity contribution in [3.05, 3.63) is 29.3 Å². The fourth-order valence-electron chi connectivity index (χ4n) is 1.54. The molecule has 4 heteroatoms. The van der Waals surface area contributed by atoms with Crippen LogP contribution in [0, 0.1) is 11.8 Å². The Balaban J connectivity index is 2.87. The Hall–Kier alpha value is -1.63. The maximum Gasteiger partial charge on any atom is 0.416 e. The van der Waals surface area contributed by atoms with Crippen LogP contribution in [-0.4, -0.2) is 7.11 Å². The molecule has 1 aromatic carbocycles. The number of rotatable bonds is 3. The molecule has 0 unspecified atom stereocenters. The molecule has 0 saturated heterocycles. The van der Waals surface area contributed by atoms with Crippen molar-refractivity contribution in [2.24, 2.45) is 0 Å². The van der Waals surface area contributed by atoms with E-state index in [2.05, 4.69) is 11.8 Å². The second-order valence-corrected chi connectivity index (χ2v) is 3.73. The van der Waals surface area contributed by atoms with Crippen LogP contribution < -0.4 is 4.74 Å². The van der Waals surface area contributed by atoms with Gasteiger partial charge in [0, 0.05) is 12.8 Å². The summed E-state index contributed by atoms with van der Waals surface area (Å²) >= 11 is 0. The average molecular weight is 256 g/mol. The average Bonchev–Trinajstić information content (AvgIpc) is 2.33. The van der Waals surface area contributed by atoms with Crippen molar-refractivity contribution < 1.29 is 17.9 Å². The largest absolute Gasteiger partial charge is 0.496 e. The van der Waals surface area contributed by atoms with Crippen molar-refractivity contribution >= 4 is 0 Å². The molecule has 0 aromatic heterocycles. The lowest BCUT2D eigenvalue weighted by atomic mass is 10.1. The molecule has 0 atom stereocenters. The SMILES string of the molecule is CCC#CCCc1ccc(C(F)(F)F)cc1OC. The van der Waals surface area contributed by atoms with Gasteiger partial charge in [-0.25, -0.2) is 0 Å². The van der Waals surface area contributed by atoms with Crippen LogP contribution in [0.5, 0.6) is 5.75 Å². The van der Waals surface area contributed by atoms with Crippen molar-refractivity contribution in [2.75, 3.05) is 7.11 Å². The van der Waals surface area contributed by atoms with Crippen molar-refractivity contribution in [1.29, 1.82) is 0 Å². The Morgan fingerprint density at radius 2 is 1.94 bits per heavy atom. The van der Waals surface area contributed by atoms with Crippen LogP contribution in [0.15, 0.2) is 18.2 Å². The summed E-state index contributed by atoms with van der Waals surface area (Å²) in [6.07, 6.45) is -2.35. The van der Waals surface area contributed by atoms with Gasteiger partial charge in [0.1, 0.15) is 5.75 Å². The highest BCUT2D eigenvalue weighted by atomic mass is 19.4. The Labute approximate surface area is 105 Å². The highest BCUT2D eigenvalue weighted by Gasteiger charge is 2.31. The van der Waals surface area contributed by atoms with Crippen LogP contribution >= 0.6 is 0 Å². The monoisotopic (exact) mass is 256 g/mol. The highest BCUT2D eigenvalue weighted by molar-refractivity contribution is 5.39. The van der Waals surface area contributed by atoms with E-state index in [-0.39, 0.29) is 5.75 Å². The molecule has 0 aliphatic carbocycles. The normalized spacial score (nSPS) is 10.7. The van der Waals surface area contributed by atoms with E-state index in [1.54, 1.807) is 0 Å². The number of ether oxygens (including phenoxy) is 1. The second-order valence-electron chi connectivity index (χ2n) is 3.73. The summed E-state index contributed by atoms with van der Waals surface area (Å²) in [6.45, 7) is 1.95. The van der Waals surface area contributed by atoms with Crippen molar-refractivity contribution in [3.63, 3.8) is 0 Å². The van der Waals surface area contributed by atoms with Crippen LogP contribution in [0.3, 0.4) is 0 Å². The second kappa shape index (κ2) is 6.34. The number of hydrogen-bond acceptors (Lipinski definition) is 1. The lowest BCUT2D eigenvalue weighted by Crippen LogP contribution is -2.06. The lowest BCUT2D eigenvalue weighted by Gasteiger charge is -2.11. The van der Waals surface area contributed by atoms with Crippen LogP contribution in [0.1, 0.15) is 30.9 Å². The first-order valence-electron chi connectivity index (χ1n) is 5.69. The summed E-state index contributed by atoms with van der Waals surface area (Å²) in [7, 11) is 1.37. The van der Waals surface area contributed by atoms with E-state index in [1.165, 1.54) is 13.2 Å². The predicted molar refractivity (Wildman–Crippen MR) is 64.4 cm³/mol.